The van der Waals surface area contributed by atoms with Gasteiger partial charge < -0.3 is 10.1 Å². The molecule has 1 N–H and O–H groups in total. The van der Waals surface area contributed by atoms with Crippen LogP contribution in [0.25, 0.3) is 0 Å². The highest BCUT2D eigenvalue weighted by atomic mass is 16.5. The van der Waals surface area contributed by atoms with Crippen LogP contribution in [0.5, 0.6) is 5.75 Å². The molecular weight excluding hydrogens is 248 g/mol. The van der Waals surface area contributed by atoms with E-state index in [0.717, 1.165) is 18.0 Å². The molecule has 1 fully saturated rings. The fourth-order valence-electron chi connectivity index (χ4n) is 3.23. The Bertz CT molecular complexity index is 406. The second kappa shape index (κ2) is 7.63. The van der Waals surface area contributed by atoms with Gasteiger partial charge in [-0.05, 0) is 37.4 Å². The second-order valence-electron chi connectivity index (χ2n) is 6.16. The number of pyridine rings is 1. The van der Waals surface area contributed by atoms with Gasteiger partial charge in [0.15, 0.2) is 0 Å². The van der Waals surface area contributed by atoms with Crippen molar-refractivity contribution in [2.24, 2.45) is 5.92 Å². The average Bonchev–Trinajstić information content (AvgIpc) is 2.70. The van der Waals surface area contributed by atoms with Gasteiger partial charge >= 0.3 is 0 Å². The molecule has 0 aromatic carbocycles. The van der Waals surface area contributed by atoms with E-state index in [4.69, 9.17) is 4.74 Å². The topological polar surface area (TPSA) is 34.1 Å². The number of ether oxygens (including phenoxy) is 1. The van der Waals surface area contributed by atoms with Crippen molar-refractivity contribution in [3.63, 3.8) is 0 Å². The third kappa shape index (κ3) is 3.95. The van der Waals surface area contributed by atoms with Gasteiger partial charge in [0, 0.05) is 18.2 Å². The van der Waals surface area contributed by atoms with E-state index >= 15 is 0 Å². The van der Waals surface area contributed by atoms with Crippen molar-refractivity contribution in [2.75, 3.05) is 13.7 Å². The predicted octanol–water partition coefficient (Wildman–Crippen LogP) is 3.75. The van der Waals surface area contributed by atoms with Crippen molar-refractivity contribution in [1.29, 1.82) is 0 Å². The van der Waals surface area contributed by atoms with Gasteiger partial charge in [0.25, 0.3) is 0 Å². The van der Waals surface area contributed by atoms with Crippen molar-refractivity contribution in [3.05, 3.63) is 24.0 Å². The minimum Gasteiger partial charge on any atom is -0.495 e. The molecule has 3 nitrogen and oxygen atoms in total. The second-order valence-corrected chi connectivity index (χ2v) is 6.16. The number of nitrogens with one attached hydrogen (secondary N) is 1. The molecule has 3 heteroatoms. The summed E-state index contributed by atoms with van der Waals surface area (Å²) < 4.78 is 5.53. The predicted molar refractivity (Wildman–Crippen MR) is 83.2 cm³/mol. The largest absolute Gasteiger partial charge is 0.495 e. The smallest absolute Gasteiger partial charge is 0.140 e. The van der Waals surface area contributed by atoms with E-state index in [1.807, 2.05) is 18.3 Å². The SMILES string of the molecule is COc1cccnc1C1CCCCCC1CNC(C)C. The molecule has 2 rings (SSSR count). The zero-order valence-electron chi connectivity index (χ0n) is 13.1. The molecule has 1 saturated carbocycles. The van der Waals surface area contributed by atoms with Crippen molar-refractivity contribution in [3.8, 4) is 5.75 Å². The highest BCUT2D eigenvalue weighted by Gasteiger charge is 2.28. The molecule has 2 atom stereocenters. The van der Waals surface area contributed by atoms with E-state index in [1.54, 1.807) is 7.11 Å². The molecule has 0 amide bonds. The van der Waals surface area contributed by atoms with Gasteiger partial charge in [0.2, 0.25) is 0 Å². The van der Waals surface area contributed by atoms with E-state index in [-0.39, 0.29) is 0 Å². The van der Waals surface area contributed by atoms with Crippen LogP contribution < -0.4 is 10.1 Å². The van der Waals surface area contributed by atoms with Gasteiger partial charge in [-0.15, -0.1) is 0 Å². The fraction of sp³-hybridized carbons (Fsp3) is 0.706. The van der Waals surface area contributed by atoms with Gasteiger partial charge in [0.1, 0.15) is 5.75 Å². The first-order valence-electron chi connectivity index (χ1n) is 7.94. The lowest BCUT2D eigenvalue weighted by Crippen LogP contribution is -2.32. The standard InChI is InChI=1S/C17H28N2O/c1-13(2)19-12-14-8-5-4-6-9-15(14)17-16(20-3)10-7-11-18-17/h7,10-11,13-15,19H,4-6,8-9,12H2,1-3H3. The molecule has 1 aromatic rings. The van der Waals surface area contributed by atoms with E-state index in [1.165, 1.54) is 32.1 Å². The quantitative estimate of drug-likeness (QED) is 0.832. The number of aromatic nitrogens is 1. The monoisotopic (exact) mass is 276 g/mol. The summed E-state index contributed by atoms with van der Waals surface area (Å²) in [6.07, 6.45) is 8.43. The molecule has 0 aliphatic heterocycles. The third-order valence-electron chi connectivity index (χ3n) is 4.32. The Kier molecular flexibility index (Phi) is 5.84. The van der Waals surface area contributed by atoms with Gasteiger partial charge in [-0.1, -0.05) is 33.1 Å². The number of hydrogen-bond donors (Lipinski definition) is 1. The van der Waals surface area contributed by atoms with Crippen LogP contribution in [0.1, 0.15) is 57.6 Å². The van der Waals surface area contributed by atoms with Crippen LogP contribution in [0.15, 0.2) is 18.3 Å². The van der Waals surface area contributed by atoms with E-state index in [2.05, 4.69) is 24.1 Å². The van der Waals surface area contributed by atoms with E-state index in [9.17, 15) is 0 Å². The first-order chi connectivity index (χ1) is 9.72. The molecule has 1 aliphatic rings. The van der Waals surface area contributed by atoms with Gasteiger partial charge in [-0.3, -0.25) is 4.98 Å². The number of rotatable bonds is 5. The summed E-state index contributed by atoms with van der Waals surface area (Å²) in [4.78, 5) is 4.64. The molecule has 2 unspecified atom stereocenters. The minimum atomic E-state index is 0.528. The number of nitrogens with zero attached hydrogens (tertiary/aromatic N) is 1. The Balaban J connectivity index is 2.18. The maximum Gasteiger partial charge on any atom is 0.140 e. The normalized spacial score (nSPS) is 23.6. The van der Waals surface area contributed by atoms with Crippen molar-refractivity contribution in [1.82, 2.24) is 10.3 Å². The summed E-state index contributed by atoms with van der Waals surface area (Å²) in [5.74, 6) is 2.15. The lowest BCUT2D eigenvalue weighted by molar-refractivity contribution is 0.340. The average molecular weight is 276 g/mol. The maximum absolute atomic E-state index is 5.53. The van der Waals surface area contributed by atoms with Crippen LogP contribution in [0.3, 0.4) is 0 Å². The first-order valence-corrected chi connectivity index (χ1v) is 7.94. The molecule has 0 radical (unpaired) electrons. The molecule has 1 heterocycles. The molecular formula is C17H28N2O. The van der Waals surface area contributed by atoms with Crippen LogP contribution in [0.4, 0.5) is 0 Å². The van der Waals surface area contributed by atoms with Crippen LogP contribution in [0.2, 0.25) is 0 Å². The van der Waals surface area contributed by atoms with Gasteiger partial charge in [-0.2, -0.15) is 0 Å². The Hall–Kier alpha value is -1.09. The highest BCUT2D eigenvalue weighted by molar-refractivity contribution is 5.30. The van der Waals surface area contributed by atoms with Crippen LogP contribution in [-0.2, 0) is 0 Å². The Morgan fingerprint density at radius 2 is 2.10 bits per heavy atom. The summed E-state index contributed by atoms with van der Waals surface area (Å²) in [5, 5.41) is 3.61. The first kappa shape index (κ1) is 15.3. The van der Waals surface area contributed by atoms with Gasteiger partial charge in [0.05, 0.1) is 12.8 Å². The molecule has 0 spiro atoms. The van der Waals surface area contributed by atoms with Crippen LogP contribution >= 0.6 is 0 Å². The minimum absolute atomic E-state index is 0.528. The molecule has 1 aliphatic carbocycles. The maximum atomic E-state index is 5.53. The van der Waals surface area contributed by atoms with E-state index < -0.39 is 0 Å². The van der Waals surface area contributed by atoms with Crippen molar-refractivity contribution in [2.45, 2.75) is 57.9 Å². The van der Waals surface area contributed by atoms with Crippen LogP contribution in [0, 0.1) is 5.92 Å². The summed E-state index contributed by atoms with van der Waals surface area (Å²) in [6.45, 7) is 5.52. The van der Waals surface area contributed by atoms with E-state index in [0.29, 0.717) is 17.9 Å². The molecule has 0 bridgehead atoms. The zero-order chi connectivity index (χ0) is 14.4. The lowest BCUT2D eigenvalue weighted by atomic mass is 9.84. The number of hydrogen-bond acceptors (Lipinski definition) is 3. The summed E-state index contributed by atoms with van der Waals surface area (Å²) in [5.41, 5.74) is 1.16. The Morgan fingerprint density at radius 1 is 1.30 bits per heavy atom. The fourth-order valence-corrected chi connectivity index (χ4v) is 3.23. The Labute approximate surface area is 123 Å². The highest BCUT2D eigenvalue weighted by Crippen LogP contribution is 2.38. The van der Waals surface area contributed by atoms with Crippen molar-refractivity contribution >= 4 is 0 Å². The summed E-state index contributed by atoms with van der Waals surface area (Å²) in [6, 6.07) is 4.55. The zero-order valence-corrected chi connectivity index (χ0v) is 13.1. The summed E-state index contributed by atoms with van der Waals surface area (Å²) in [7, 11) is 1.75. The molecule has 20 heavy (non-hydrogen) atoms. The Morgan fingerprint density at radius 3 is 2.85 bits per heavy atom. The third-order valence-corrected chi connectivity index (χ3v) is 4.32. The van der Waals surface area contributed by atoms with Crippen molar-refractivity contribution < 1.29 is 4.74 Å². The van der Waals surface area contributed by atoms with Crippen LogP contribution in [-0.4, -0.2) is 24.7 Å². The summed E-state index contributed by atoms with van der Waals surface area (Å²) >= 11 is 0. The molecule has 1 aromatic heterocycles. The molecule has 0 saturated heterocycles. The molecule has 112 valence electrons. The lowest BCUT2D eigenvalue weighted by Gasteiger charge is -2.27. The number of methoxy groups -OCH3 is 1. The van der Waals surface area contributed by atoms with Gasteiger partial charge in [-0.25, -0.2) is 0 Å².